The molecule has 0 heterocycles. The molecule has 25 heavy (non-hydrogen) atoms. The summed E-state index contributed by atoms with van der Waals surface area (Å²) in [5, 5.41) is 20.2. The summed E-state index contributed by atoms with van der Waals surface area (Å²) in [5.41, 5.74) is 0.134. The molecule has 5 heteroatoms. The zero-order valence-corrected chi connectivity index (χ0v) is 15.0. The van der Waals surface area contributed by atoms with Crippen LogP contribution in [0, 0.1) is 23.7 Å². The van der Waals surface area contributed by atoms with Gasteiger partial charge in [-0.3, -0.25) is 14.4 Å². The van der Waals surface area contributed by atoms with Crippen LogP contribution in [0.25, 0.3) is 0 Å². The van der Waals surface area contributed by atoms with Crippen LogP contribution < -0.4 is 0 Å². The lowest BCUT2D eigenvalue weighted by Crippen LogP contribution is -2.50. The molecular formula is C20H26O5. The van der Waals surface area contributed by atoms with Crippen molar-refractivity contribution in [2.45, 2.75) is 45.6 Å². The topological polar surface area (TPSA) is 91.7 Å². The second-order valence-electron chi connectivity index (χ2n) is 7.66. The third-order valence-electron chi connectivity index (χ3n) is 5.42. The highest BCUT2D eigenvalue weighted by Gasteiger charge is 2.52. The van der Waals surface area contributed by atoms with Crippen LogP contribution in [0.5, 0.6) is 0 Å². The molecule has 1 saturated carbocycles. The van der Waals surface area contributed by atoms with Crippen molar-refractivity contribution in [3.05, 3.63) is 36.0 Å². The molecule has 2 rings (SSSR count). The molecule has 5 atom stereocenters. The van der Waals surface area contributed by atoms with E-state index in [2.05, 4.69) is 13.2 Å². The molecule has 0 aromatic carbocycles. The smallest absolute Gasteiger partial charge is 0.306 e. The molecule has 0 saturated heterocycles. The number of rotatable bonds is 4. The number of Topliss-reactive ketones (excluding diaryl/α,β-unsaturated/α-hetero) is 2. The van der Waals surface area contributed by atoms with Crippen LogP contribution in [-0.2, 0) is 14.4 Å². The van der Waals surface area contributed by atoms with Crippen LogP contribution in [0.1, 0.15) is 40.0 Å². The van der Waals surface area contributed by atoms with Gasteiger partial charge in [-0.25, -0.2) is 0 Å². The van der Waals surface area contributed by atoms with Gasteiger partial charge >= 0.3 is 5.97 Å². The van der Waals surface area contributed by atoms with Crippen molar-refractivity contribution in [1.29, 1.82) is 0 Å². The lowest BCUT2D eigenvalue weighted by molar-refractivity contribution is -0.141. The Balaban J connectivity index is 2.55. The van der Waals surface area contributed by atoms with Gasteiger partial charge in [-0.1, -0.05) is 31.2 Å². The average Bonchev–Trinajstić information content (AvgIpc) is 2.62. The number of hydrogen-bond donors (Lipinski definition) is 2. The van der Waals surface area contributed by atoms with Gasteiger partial charge in [-0.2, -0.15) is 0 Å². The Labute approximate surface area is 148 Å². The number of aliphatic carboxylic acids is 1. The van der Waals surface area contributed by atoms with Crippen LogP contribution >= 0.6 is 0 Å². The Morgan fingerprint density at radius 3 is 2.52 bits per heavy atom. The lowest BCUT2D eigenvalue weighted by Gasteiger charge is -2.44. The van der Waals surface area contributed by atoms with Crippen molar-refractivity contribution in [1.82, 2.24) is 0 Å². The van der Waals surface area contributed by atoms with Gasteiger partial charge in [0.15, 0.2) is 5.78 Å². The average molecular weight is 346 g/mol. The second-order valence-corrected chi connectivity index (χ2v) is 7.66. The van der Waals surface area contributed by atoms with Gasteiger partial charge in [0.1, 0.15) is 5.78 Å². The van der Waals surface area contributed by atoms with E-state index in [0.717, 1.165) is 0 Å². The minimum Gasteiger partial charge on any atom is -0.481 e. The van der Waals surface area contributed by atoms with Crippen molar-refractivity contribution in [2.75, 3.05) is 0 Å². The molecular weight excluding hydrogens is 320 g/mol. The van der Waals surface area contributed by atoms with Crippen LogP contribution in [-0.4, -0.2) is 33.3 Å². The summed E-state index contributed by atoms with van der Waals surface area (Å²) in [5.74, 6) is -3.95. The molecule has 0 aromatic heterocycles. The molecule has 5 nitrogen and oxygen atoms in total. The van der Waals surface area contributed by atoms with Crippen molar-refractivity contribution in [3.63, 3.8) is 0 Å². The zero-order chi connectivity index (χ0) is 19.1. The number of allylic oxidation sites excluding steroid dienone is 3. The number of carbonyl (C=O) groups excluding carboxylic acids is 2. The minimum absolute atomic E-state index is 0.0371. The Hall–Kier alpha value is -2.01. The number of ketones is 2. The highest BCUT2D eigenvalue weighted by molar-refractivity contribution is 6.02. The number of carboxylic acid groups (broad SMARTS) is 1. The van der Waals surface area contributed by atoms with Crippen molar-refractivity contribution in [2.24, 2.45) is 23.7 Å². The first-order valence-corrected chi connectivity index (χ1v) is 8.54. The molecule has 0 unspecified atom stereocenters. The number of carbonyl (C=O) groups is 3. The summed E-state index contributed by atoms with van der Waals surface area (Å²) in [4.78, 5) is 36.8. The van der Waals surface area contributed by atoms with Gasteiger partial charge in [0, 0.05) is 24.2 Å². The monoisotopic (exact) mass is 346 g/mol. The van der Waals surface area contributed by atoms with E-state index < -0.39 is 35.2 Å². The third-order valence-corrected chi connectivity index (χ3v) is 5.42. The van der Waals surface area contributed by atoms with Gasteiger partial charge in [-0.15, -0.1) is 0 Å². The Kier molecular flexibility index (Phi) is 5.19. The third kappa shape index (κ3) is 3.52. The summed E-state index contributed by atoms with van der Waals surface area (Å²) < 4.78 is 0. The standard InChI is InChI=1S/C20H26O5/c1-10(2)15-14(21)7-6-11(3)16-17(15)20(5,25)9-13(18(16)22)8-12(4)19(23)24/h9,12,15-17,25H,1,3,6-8H2,2,4-5H3,(H,23,24)/t12-,15-,16+,17+,20+/m0/s1. The Bertz CT molecular complexity index is 682. The van der Waals surface area contributed by atoms with E-state index in [1.54, 1.807) is 13.8 Å². The van der Waals surface area contributed by atoms with Crippen LogP contribution in [0.3, 0.4) is 0 Å². The fraction of sp³-hybridized carbons (Fsp3) is 0.550. The van der Waals surface area contributed by atoms with E-state index in [0.29, 0.717) is 23.1 Å². The maximum absolute atomic E-state index is 13.1. The molecule has 0 radical (unpaired) electrons. The SMILES string of the molecule is C=C(C)[C@H]1C(=O)CCC(=C)[C@H]2C(=O)C(C[C@H](C)C(=O)O)=C[C@@](C)(O)[C@H]12. The van der Waals surface area contributed by atoms with Gasteiger partial charge in [0.2, 0.25) is 0 Å². The minimum atomic E-state index is -1.42. The number of carboxylic acids is 1. The predicted molar refractivity (Wildman–Crippen MR) is 93.8 cm³/mol. The molecule has 2 aliphatic rings. The van der Waals surface area contributed by atoms with Crippen LogP contribution in [0.4, 0.5) is 0 Å². The highest BCUT2D eigenvalue weighted by Crippen LogP contribution is 2.48. The highest BCUT2D eigenvalue weighted by atomic mass is 16.4. The first-order valence-electron chi connectivity index (χ1n) is 8.54. The fourth-order valence-corrected chi connectivity index (χ4v) is 4.14. The summed E-state index contributed by atoms with van der Waals surface area (Å²) >= 11 is 0. The maximum atomic E-state index is 13.1. The molecule has 0 aliphatic heterocycles. The Morgan fingerprint density at radius 1 is 1.40 bits per heavy atom. The number of fused-ring (bicyclic) bond motifs is 1. The molecule has 0 spiro atoms. The van der Waals surface area contributed by atoms with E-state index in [1.807, 2.05) is 0 Å². The van der Waals surface area contributed by atoms with Gasteiger partial charge in [0.25, 0.3) is 0 Å². The molecule has 2 aliphatic carbocycles. The summed E-state index contributed by atoms with van der Waals surface area (Å²) in [6.07, 6.45) is 2.16. The number of hydrogen-bond acceptors (Lipinski definition) is 4. The molecule has 0 bridgehead atoms. The van der Waals surface area contributed by atoms with Crippen molar-refractivity contribution < 1.29 is 24.6 Å². The summed E-state index contributed by atoms with van der Waals surface area (Å²) in [6, 6.07) is 0. The van der Waals surface area contributed by atoms with Crippen LogP contribution in [0.2, 0.25) is 0 Å². The van der Waals surface area contributed by atoms with Gasteiger partial charge in [-0.05, 0) is 38.3 Å². The van der Waals surface area contributed by atoms with E-state index in [1.165, 1.54) is 13.0 Å². The quantitative estimate of drug-likeness (QED) is 0.764. The van der Waals surface area contributed by atoms with Gasteiger partial charge < -0.3 is 10.2 Å². The number of aliphatic hydroxyl groups is 1. The van der Waals surface area contributed by atoms with Crippen LogP contribution in [0.15, 0.2) is 36.0 Å². The summed E-state index contributed by atoms with van der Waals surface area (Å²) in [7, 11) is 0. The zero-order valence-electron chi connectivity index (χ0n) is 15.0. The lowest BCUT2D eigenvalue weighted by atomic mass is 9.61. The van der Waals surface area contributed by atoms with Crippen molar-refractivity contribution >= 4 is 17.5 Å². The molecule has 0 amide bonds. The Morgan fingerprint density at radius 2 is 2.00 bits per heavy atom. The summed E-state index contributed by atoms with van der Waals surface area (Å²) in [6.45, 7) is 12.7. The molecule has 136 valence electrons. The van der Waals surface area contributed by atoms with E-state index in [-0.39, 0.29) is 24.4 Å². The maximum Gasteiger partial charge on any atom is 0.306 e. The molecule has 1 fully saturated rings. The second kappa shape index (κ2) is 6.71. The first-order chi connectivity index (χ1) is 11.5. The molecule has 2 N–H and O–H groups in total. The van der Waals surface area contributed by atoms with E-state index in [9.17, 15) is 19.5 Å². The van der Waals surface area contributed by atoms with Gasteiger partial charge in [0.05, 0.1) is 11.5 Å². The van der Waals surface area contributed by atoms with Crippen molar-refractivity contribution in [3.8, 4) is 0 Å². The van der Waals surface area contributed by atoms with E-state index >= 15 is 0 Å². The fourth-order valence-electron chi connectivity index (χ4n) is 4.14. The van der Waals surface area contributed by atoms with E-state index in [4.69, 9.17) is 5.11 Å². The first kappa shape index (κ1) is 19.3. The predicted octanol–water partition coefficient (Wildman–Crippen LogP) is 2.70. The largest absolute Gasteiger partial charge is 0.481 e. The molecule has 0 aromatic rings. The normalized spacial score (nSPS) is 34.0.